The van der Waals surface area contributed by atoms with Crippen LogP contribution in [0.3, 0.4) is 0 Å². The van der Waals surface area contributed by atoms with E-state index in [4.69, 9.17) is 28.9 Å². The monoisotopic (exact) mass is 216 g/mol. The van der Waals surface area contributed by atoms with E-state index >= 15 is 0 Å². The molecule has 1 heterocycles. The first-order valence-electron chi connectivity index (χ1n) is 3.87. The first kappa shape index (κ1) is 10.4. The van der Waals surface area contributed by atoms with E-state index in [-0.39, 0.29) is 0 Å². The van der Waals surface area contributed by atoms with Gasteiger partial charge in [-0.25, -0.2) is 4.98 Å². The zero-order valence-electron chi connectivity index (χ0n) is 7.00. The van der Waals surface area contributed by atoms with Crippen molar-refractivity contribution < 1.29 is 0 Å². The summed E-state index contributed by atoms with van der Waals surface area (Å²) < 4.78 is 0. The van der Waals surface area contributed by atoms with Gasteiger partial charge in [0, 0.05) is 17.6 Å². The molecule has 0 aliphatic heterocycles. The lowest BCUT2D eigenvalue weighted by molar-refractivity contribution is 1.24. The zero-order chi connectivity index (χ0) is 9.68. The van der Waals surface area contributed by atoms with Gasteiger partial charge < -0.3 is 5.73 Å². The molecule has 0 aromatic carbocycles. The fourth-order valence-electron chi connectivity index (χ4n) is 0.872. The van der Waals surface area contributed by atoms with Crippen molar-refractivity contribution in [2.75, 3.05) is 11.6 Å². The van der Waals surface area contributed by atoms with Crippen molar-refractivity contribution in [3.05, 3.63) is 28.9 Å². The molecule has 0 aliphatic carbocycles. The van der Waals surface area contributed by atoms with Gasteiger partial charge in [0.1, 0.15) is 5.82 Å². The number of allylic oxidation sites excluding steroid dienone is 1. The molecular weight excluding hydrogens is 207 g/mol. The Morgan fingerprint density at radius 3 is 3.00 bits per heavy atom. The minimum Gasteiger partial charge on any atom is -0.383 e. The predicted molar refractivity (Wildman–Crippen MR) is 58.0 cm³/mol. The fourth-order valence-corrected chi connectivity index (χ4v) is 1.16. The van der Waals surface area contributed by atoms with E-state index < -0.39 is 0 Å². The van der Waals surface area contributed by atoms with Crippen LogP contribution in [0.2, 0.25) is 5.02 Å². The maximum Gasteiger partial charge on any atom is 0.130 e. The molecule has 0 bridgehead atoms. The Kier molecular flexibility index (Phi) is 4.06. The van der Waals surface area contributed by atoms with Gasteiger partial charge in [-0.3, -0.25) is 0 Å². The number of anilines is 1. The van der Waals surface area contributed by atoms with E-state index in [0.717, 1.165) is 12.0 Å². The highest BCUT2D eigenvalue weighted by molar-refractivity contribution is 6.30. The molecule has 0 radical (unpaired) electrons. The summed E-state index contributed by atoms with van der Waals surface area (Å²) in [5.41, 5.74) is 6.45. The van der Waals surface area contributed by atoms with Crippen molar-refractivity contribution in [1.29, 1.82) is 0 Å². The average molecular weight is 217 g/mol. The number of pyridine rings is 1. The van der Waals surface area contributed by atoms with E-state index in [2.05, 4.69) is 4.98 Å². The number of nitrogens with zero attached hydrogens (tertiary/aromatic N) is 1. The molecule has 0 fully saturated rings. The number of alkyl halides is 1. The Morgan fingerprint density at radius 2 is 2.31 bits per heavy atom. The molecule has 0 saturated heterocycles. The van der Waals surface area contributed by atoms with E-state index in [1.807, 2.05) is 12.2 Å². The largest absolute Gasteiger partial charge is 0.383 e. The molecule has 70 valence electrons. The molecule has 4 heteroatoms. The lowest BCUT2D eigenvalue weighted by Crippen LogP contribution is -1.92. The number of aromatic nitrogens is 1. The Bertz CT molecular complexity index is 310. The summed E-state index contributed by atoms with van der Waals surface area (Å²) in [5, 5.41) is 0.583. The molecular formula is C9H10Cl2N2. The SMILES string of the molecule is Nc1ncc(Cl)cc1C=CCCCl. The molecule has 1 rings (SSSR count). The van der Waals surface area contributed by atoms with Crippen LogP contribution in [-0.2, 0) is 0 Å². The fraction of sp³-hybridized carbons (Fsp3) is 0.222. The highest BCUT2D eigenvalue weighted by Crippen LogP contribution is 2.16. The van der Waals surface area contributed by atoms with Crippen LogP contribution in [0.4, 0.5) is 5.82 Å². The second kappa shape index (κ2) is 5.10. The quantitative estimate of drug-likeness (QED) is 0.790. The molecule has 13 heavy (non-hydrogen) atoms. The van der Waals surface area contributed by atoms with Gasteiger partial charge in [0.25, 0.3) is 0 Å². The highest BCUT2D eigenvalue weighted by atomic mass is 35.5. The Morgan fingerprint density at radius 1 is 1.54 bits per heavy atom. The van der Waals surface area contributed by atoms with Crippen molar-refractivity contribution in [2.24, 2.45) is 0 Å². The third-order valence-corrected chi connectivity index (χ3v) is 1.91. The normalized spacial score (nSPS) is 10.9. The van der Waals surface area contributed by atoms with Gasteiger partial charge in [0.15, 0.2) is 0 Å². The van der Waals surface area contributed by atoms with Gasteiger partial charge in [-0.1, -0.05) is 23.8 Å². The van der Waals surface area contributed by atoms with Gasteiger partial charge in [-0.2, -0.15) is 0 Å². The summed E-state index contributed by atoms with van der Waals surface area (Å²) in [6.45, 7) is 0. The third kappa shape index (κ3) is 3.25. The lowest BCUT2D eigenvalue weighted by atomic mass is 10.2. The molecule has 0 aliphatic rings. The first-order chi connectivity index (χ1) is 6.24. The van der Waals surface area contributed by atoms with Gasteiger partial charge in [0.05, 0.1) is 5.02 Å². The summed E-state index contributed by atoms with van der Waals surface area (Å²) in [4.78, 5) is 3.92. The van der Waals surface area contributed by atoms with Gasteiger partial charge in [-0.15, -0.1) is 11.6 Å². The molecule has 0 atom stereocenters. The Hall–Kier alpha value is -0.730. The maximum atomic E-state index is 5.75. The van der Waals surface area contributed by atoms with Gasteiger partial charge >= 0.3 is 0 Å². The molecule has 0 saturated carbocycles. The number of nitrogen functional groups attached to an aromatic ring is 1. The second-order valence-corrected chi connectivity index (χ2v) is 3.32. The van der Waals surface area contributed by atoms with E-state index in [9.17, 15) is 0 Å². The molecule has 0 unspecified atom stereocenters. The number of nitrogens with two attached hydrogens (primary N) is 1. The van der Waals surface area contributed by atoms with Crippen molar-refractivity contribution in [3.63, 3.8) is 0 Å². The molecule has 0 amide bonds. The minimum absolute atomic E-state index is 0.482. The third-order valence-electron chi connectivity index (χ3n) is 1.49. The summed E-state index contributed by atoms with van der Waals surface area (Å²) in [6.07, 6.45) is 6.15. The standard InChI is InChI=1S/C9H10Cl2N2/c10-4-2-1-3-7-5-8(11)6-13-9(7)12/h1,3,5-6H,2,4H2,(H2,12,13). The van der Waals surface area contributed by atoms with E-state index in [0.29, 0.717) is 16.7 Å². The smallest absolute Gasteiger partial charge is 0.130 e. The van der Waals surface area contributed by atoms with Crippen LogP contribution in [0.25, 0.3) is 6.08 Å². The number of rotatable bonds is 3. The molecule has 2 N–H and O–H groups in total. The van der Waals surface area contributed by atoms with Crippen LogP contribution >= 0.6 is 23.2 Å². The first-order valence-corrected chi connectivity index (χ1v) is 4.79. The van der Waals surface area contributed by atoms with Crippen LogP contribution in [0.5, 0.6) is 0 Å². The summed E-state index contributed by atoms with van der Waals surface area (Å²) in [6, 6.07) is 1.77. The van der Waals surface area contributed by atoms with Crippen molar-refractivity contribution >= 4 is 35.1 Å². The van der Waals surface area contributed by atoms with Crippen LogP contribution in [0.15, 0.2) is 18.3 Å². The van der Waals surface area contributed by atoms with E-state index in [1.165, 1.54) is 6.20 Å². The molecule has 0 spiro atoms. The molecule has 1 aromatic rings. The molecule has 1 aromatic heterocycles. The van der Waals surface area contributed by atoms with Gasteiger partial charge in [-0.05, 0) is 12.5 Å². The van der Waals surface area contributed by atoms with Crippen molar-refractivity contribution in [1.82, 2.24) is 4.98 Å². The van der Waals surface area contributed by atoms with Gasteiger partial charge in [0.2, 0.25) is 0 Å². The minimum atomic E-state index is 0.482. The Balaban J connectivity index is 2.81. The predicted octanol–water partition coefficient (Wildman–Crippen LogP) is 2.96. The lowest BCUT2D eigenvalue weighted by Gasteiger charge is -1.98. The van der Waals surface area contributed by atoms with Crippen molar-refractivity contribution in [3.8, 4) is 0 Å². The van der Waals surface area contributed by atoms with Crippen LogP contribution in [0.1, 0.15) is 12.0 Å². The Labute approximate surface area is 87.4 Å². The number of halogens is 2. The zero-order valence-corrected chi connectivity index (χ0v) is 8.52. The van der Waals surface area contributed by atoms with Crippen LogP contribution < -0.4 is 5.73 Å². The summed E-state index contributed by atoms with van der Waals surface area (Å²) >= 11 is 11.3. The average Bonchev–Trinajstić information content (AvgIpc) is 2.11. The van der Waals surface area contributed by atoms with Crippen LogP contribution in [-0.4, -0.2) is 10.9 Å². The van der Waals surface area contributed by atoms with Crippen molar-refractivity contribution in [2.45, 2.75) is 6.42 Å². The van der Waals surface area contributed by atoms with E-state index in [1.54, 1.807) is 6.07 Å². The highest BCUT2D eigenvalue weighted by Gasteiger charge is 1.96. The maximum absolute atomic E-state index is 5.75. The number of hydrogen-bond donors (Lipinski definition) is 1. The topological polar surface area (TPSA) is 38.9 Å². The summed E-state index contributed by atoms with van der Waals surface area (Å²) in [5.74, 6) is 1.08. The summed E-state index contributed by atoms with van der Waals surface area (Å²) in [7, 11) is 0. The second-order valence-electron chi connectivity index (χ2n) is 2.51. The number of hydrogen-bond acceptors (Lipinski definition) is 2. The molecule has 2 nitrogen and oxygen atoms in total. The van der Waals surface area contributed by atoms with Crippen LogP contribution in [0, 0.1) is 0 Å².